The number of aliphatic hydroxyl groups is 4. The maximum absolute atomic E-state index is 10.3. The third kappa shape index (κ3) is 3.16. The summed E-state index contributed by atoms with van der Waals surface area (Å²) in [7, 11) is 0. The van der Waals surface area contributed by atoms with Crippen molar-refractivity contribution < 1.29 is 30.3 Å². The van der Waals surface area contributed by atoms with Gasteiger partial charge in [0.2, 0.25) is 0 Å². The summed E-state index contributed by atoms with van der Waals surface area (Å²) in [5.41, 5.74) is 1.00. The Bertz CT molecular complexity index is 817. The van der Waals surface area contributed by atoms with Gasteiger partial charge in [0.1, 0.15) is 24.1 Å². The number of fused-ring (bicyclic) bond motifs is 1. The van der Waals surface area contributed by atoms with Crippen LogP contribution in [0.3, 0.4) is 0 Å². The molecule has 0 aliphatic carbocycles. The van der Waals surface area contributed by atoms with Crippen LogP contribution in [0.5, 0.6) is 5.75 Å². The summed E-state index contributed by atoms with van der Waals surface area (Å²) >= 11 is 0. The molecule has 2 aromatic rings. The zero-order valence-electron chi connectivity index (χ0n) is 14.6. The van der Waals surface area contributed by atoms with Gasteiger partial charge < -0.3 is 30.3 Å². The van der Waals surface area contributed by atoms with E-state index in [9.17, 15) is 20.4 Å². The second kappa shape index (κ2) is 7.24. The van der Waals surface area contributed by atoms with Crippen molar-refractivity contribution in [3.8, 4) is 5.75 Å². The van der Waals surface area contributed by atoms with Crippen molar-refractivity contribution >= 4 is 10.9 Å². The zero-order valence-corrected chi connectivity index (χ0v) is 14.6. The number of hydrogen-bond donors (Lipinski definition) is 5. The van der Waals surface area contributed by atoms with Crippen LogP contribution >= 0.6 is 0 Å². The van der Waals surface area contributed by atoms with E-state index in [4.69, 9.17) is 9.84 Å². The molecule has 2 unspecified atom stereocenters. The number of nitrogens with zero attached hydrogens (tertiary/aromatic N) is 2. The first-order valence-electron chi connectivity index (χ1n) is 8.50. The van der Waals surface area contributed by atoms with Crippen molar-refractivity contribution in [1.82, 2.24) is 9.78 Å². The molecule has 8 nitrogen and oxygen atoms in total. The Kier molecular flexibility index (Phi) is 5.19. The lowest BCUT2D eigenvalue weighted by atomic mass is 9.87. The predicted molar refractivity (Wildman–Crippen MR) is 93.3 cm³/mol. The van der Waals surface area contributed by atoms with Crippen LogP contribution in [-0.2, 0) is 11.3 Å². The molecule has 0 spiro atoms. The molecule has 5 atom stereocenters. The highest BCUT2D eigenvalue weighted by molar-refractivity contribution is 5.85. The molecule has 5 N–H and O–H groups in total. The van der Waals surface area contributed by atoms with E-state index in [0.717, 1.165) is 0 Å². The molecule has 0 radical (unpaired) electrons. The topological polar surface area (TPSA) is 128 Å². The van der Waals surface area contributed by atoms with Gasteiger partial charge in [-0.1, -0.05) is 13.0 Å². The van der Waals surface area contributed by atoms with Crippen LogP contribution in [0.25, 0.3) is 10.9 Å². The Labute approximate surface area is 150 Å². The summed E-state index contributed by atoms with van der Waals surface area (Å²) in [5.74, 6) is 0.301. The third-order valence-electron chi connectivity index (χ3n) is 4.94. The fraction of sp³-hybridized carbons (Fsp3) is 0.500. The molecule has 142 valence electrons. The number of aromatic hydroxyl groups is 1. The molecule has 26 heavy (non-hydrogen) atoms. The molecule has 1 aromatic carbocycles. The van der Waals surface area contributed by atoms with Gasteiger partial charge in [0.25, 0.3) is 0 Å². The number of hydrogen-bond acceptors (Lipinski definition) is 7. The summed E-state index contributed by atoms with van der Waals surface area (Å²) in [6, 6.07) is 3.06. The second-order valence-electron chi connectivity index (χ2n) is 6.72. The number of benzene rings is 1. The molecular formula is C18H24N2O6. The quantitative estimate of drug-likeness (QED) is 0.520. The zero-order chi connectivity index (χ0) is 19.0. The number of ether oxygens (including phenoxy) is 1. The lowest BCUT2D eigenvalue weighted by Gasteiger charge is -2.38. The van der Waals surface area contributed by atoms with Gasteiger partial charge in [0.15, 0.2) is 0 Å². The van der Waals surface area contributed by atoms with Crippen LogP contribution in [0.2, 0.25) is 0 Å². The molecule has 1 aromatic heterocycles. The van der Waals surface area contributed by atoms with Crippen LogP contribution in [0.4, 0.5) is 0 Å². The summed E-state index contributed by atoms with van der Waals surface area (Å²) in [5, 5.41) is 53.7. The smallest absolute Gasteiger partial charge is 0.132 e. The average molecular weight is 364 g/mol. The fourth-order valence-electron chi connectivity index (χ4n) is 3.40. The van der Waals surface area contributed by atoms with Gasteiger partial charge in [0.05, 0.1) is 35.9 Å². The van der Waals surface area contributed by atoms with Gasteiger partial charge in [-0.05, 0) is 19.1 Å². The first-order chi connectivity index (χ1) is 12.4. The highest BCUT2D eigenvalue weighted by Crippen LogP contribution is 2.36. The van der Waals surface area contributed by atoms with E-state index in [-0.39, 0.29) is 24.3 Å². The van der Waals surface area contributed by atoms with Gasteiger partial charge in [-0.25, -0.2) is 0 Å². The van der Waals surface area contributed by atoms with E-state index in [0.29, 0.717) is 22.2 Å². The maximum Gasteiger partial charge on any atom is 0.132 e. The normalized spacial score (nSPS) is 25.6. The highest BCUT2D eigenvalue weighted by atomic mass is 16.5. The molecule has 1 aliphatic heterocycles. The van der Waals surface area contributed by atoms with E-state index in [2.05, 4.69) is 5.10 Å². The number of aromatic nitrogens is 2. The Morgan fingerprint density at radius 3 is 2.65 bits per heavy atom. The SMILES string of the molecule is CC1=C[C@H](n2cc3c(O)c(CO)ccc3n2)[C@@H](C)[C@H](C(O)C(O)CO)O1. The van der Waals surface area contributed by atoms with Gasteiger partial charge in [-0.2, -0.15) is 5.10 Å². The molecule has 3 rings (SSSR count). The minimum atomic E-state index is -1.30. The Morgan fingerprint density at radius 2 is 2.00 bits per heavy atom. The molecule has 0 bridgehead atoms. The van der Waals surface area contributed by atoms with Crippen molar-refractivity contribution in [2.24, 2.45) is 5.92 Å². The molecular weight excluding hydrogens is 340 g/mol. The van der Waals surface area contributed by atoms with E-state index >= 15 is 0 Å². The van der Waals surface area contributed by atoms with Gasteiger partial charge in [-0.15, -0.1) is 0 Å². The summed E-state index contributed by atoms with van der Waals surface area (Å²) in [4.78, 5) is 0. The van der Waals surface area contributed by atoms with Gasteiger partial charge in [0, 0.05) is 17.7 Å². The fourth-order valence-corrected chi connectivity index (χ4v) is 3.40. The number of phenols is 1. The number of rotatable bonds is 5. The Balaban J connectivity index is 1.98. The van der Waals surface area contributed by atoms with E-state index in [1.54, 1.807) is 29.9 Å². The molecule has 1 aliphatic rings. The monoisotopic (exact) mass is 364 g/mol. The van der Waals surface area contributed by atoms with Crippen molar-refractivity contribution in [3.05, 3.63) is 35.7 Å². The molecule has 0 saturated heterocycles. The first kappa shape index (κ1) is 18.7. The Morgan fingerprint density at radius 1 is 1.27 bits per heavy atom. The highest BCUT2D eigenvalue weighted by Gasteiger charge is 2.39. The van der Waals surface area contributed by atoms with Gasteiger partial charge in [-0.3, -0.25) is 4.68 Å². The average Bonchev–Trinajstić information content (AvgIpc) is 3.07. The van der Waals surface area contributed by atoms with Crippen molar-refractivity contribution in [2.75, 3.05) is 6.61 Å². The van der Waals surface area contributed by atoms with Crippen molar-refractivity contribution in [2.45, 2.75) is 44.8 Å². The minimum Gasteiger partial charge on any atom is -0.507 e. The standard InChI is InChI=1S/C18H24N2O6/c1-9-5-14(10(2)18(26-9)17(25)15(23)8-22)20-6-12-13(19-20)4-3-11(7-21)16(12)24/h3-6,10,14-15,17-18,21-25H,7-8H2,1-2H3/t10-,14+,15?,17?,18-/m1/s1. The van der Waals surface area contributed by atoms with Crippen LogP contribution in [-0.4, -0.2) is 60.2 Å². The van der Waals surface area contributed by atoms with Gasteiger partial charge >= 0.3 is 0 Å². The maximum atomic E-state index is 10.3. The van der Waals surface area contributed by atoms with Crippen LogP contribution < -0.4 is 0 Å². The summed E-state index contributed by atoms with van der Waals surface area (Å²) in [6.07, 6.45) is 0.268. The van der Waals surface area contributed by atoms with Crippen LogP contribution in [0.1, 0.15) is 25.5 Å². The Hall–Kier alpha value is -2.13. The van der Waals surface area contributed by atoms with Crippen molar-refractivity contribution in [1.29, 1.82) is 0 Å². The largest absolute Gasteiger partial charge is 0.507 e. The lowest BCUT2D eigenvalue weighted by molar-refractivity contribution is -0.113. The minimum absolute atomic E-state index is 0.0102. The van der Waals surface area contributed by atoms with Crippen LogP contribution in [0.15, 0.2) is 30.2 Å². The van der Waals surface area contributed by atoms with E-state index < -0.39 is 24.9 Å². The molecule has 8 heteroatoms. The number of aliphatic hydroxyl groups excluding tert-OH is 4. The molecule has 2 heterocycles. The molecule has 0 fully saturated rings. The van der Waals surface area contributed by atoms with E-state index in [1.807, 2.05) is 13.0 Å². The predicted octanol–water partition coefficient (Wildman–Crippen LogP) is 0.428. The van der Waals surface area contributed by atoms with Crippen LogP contribution in [0, 0.1) is 5.92 Å². The molecule has 0 saturated carbocycles. The first-order valence-corrected chi connectivity index (χ1v) is 8.50. The molecule has 0 amide bonds. The number of allylic oxidation sites excluding steroid dienone is 2. The second-order valence-corrected chi connectivity index (χ2v) is 6.72. The van der Waals surface area contributed by atoms with E-state index in [1.165, 1.54) is 0 Å². The van der Waals surface area contributed by atoms with Crippen molar-refractivity contribution in [3.63, 3.8) is 0 Å². The summed E-state index contributed by atoms with van der Waals surface area (Å²) < 4.78 is 7.36. The lowest BCUT2D eigenvalue weighted by Crippen LogP contribution is -2.47. The summed E-state index contributed by atoms with van der Waals surface area (Å²) in [6.45, 7) is 2.77. The third-order valence-corrected chi connectivity index (χ3v) is 4.94.